The number of nitrogens with two attached hydrogens (primary N) is 3. The van der Waals surface area contributed by atoms with E-state index in [1.807, 2.05) is 0 Å². The molecule has 13 nitrogen and oxygen atoms in total. The van der Waals surface area contributed by atoms with Crippen LogP contribution in [0, 0.1) is 0 Å². The van der Waals surface area contributed by atoms with Gasteiger partial charge in [0.2, 0.25) is 17.7 Å². The number of aliphatic imine (C=N–C) groups is 1. The highest BCUT2D eigenvalue weighted by molar-refractivity contribution is 7.80. The number of amides is 3. The maximum Gasteiger partial charge on any atom is 0.327 e. The molecule has 0 aliphatic carbocycles. The summed E-state index contributed by atoms with van der Waals surface area (Å²) in [5.74, 6) is -3.88. The minimum absolute atomic E-state index is 0.0711. The molecule has 0 aliphatic rings. The first-order valence-corrected chi connectivity index (χ1v) is 11.9. The zero-order chi connectivity index (χ0) is 27.3. The lowest BCUT2D eigenvalue weighted by molar-refractivity contribution is -0.142. The lowest BCUT2D eigenvalue weighted by atomic mass is 10.0. The van der Waals surface area contributed by atoms with Gasteiger partial charge in [-0.25, -0.2) is 4.79 Å². The van der Waals surface area contributed by atoms with Crippen LogP contribution in [-0.2, 0) is 25.6 Å². The highest BCUT2D eigenvalue weighted by Crippen LogP contribution is 2.06. The van der Waals surface area contributed by atoms with Gasteiger partial charge in [0.25, 0.3) is 0 Å². The Kier molecular flexibility index (Phi) is 13.3. The number of guanidine groups is 1. The van der Waals surface area contributed by atoms with Crippen LogP contribution in [0.2, 0.25) is 0 Å². The second-order valence-corrected chi connectivity index (χ2v) is 8.48. The van der Waals surface area contributed by atoms with Gasteiger partial charge in [-0.05, 0) is 25.3 Å². The maximum atomic E-state index is 13.1. The van der Waals surface area contributed by atoms with Crippen LogP contribution in [0.1, 0.15) is 25.3 Å². The summed E-state index contributed by atoms with van der Waals surface area (Å²) >= 11 is 3.88. The zero-order valence-corrected chi connectivity index (χ0v) is 20.9. The molecule has 0 aromatic heterocycles. The quantitative estimate of drug-likeness (QED) is 0.0507. The molecule has 0 fully saturated rings. The summed E-state index contributed by atoms with van der Waals surface area (Å²) in [6.07, 6.45) is -0.611. The number of carboxylic acid groups (broad SMARTS) is 1. The molecule has 14 heteroatoms. The van der Waals surface area contributed by atoms with Crippen LogP contribution in [0.15, 0.2) is 35.3 Å². The van der Waals surface area contributed by atoms with Gasteiger partial charge in [-0.2, -0.15) is 12.6 Å². The standard InChI is InChI=1S/C22H35N7O6S/c1-12(30)17(20(33)28-16(11-36)21(34)35)29-19(32)15(10-13-6-3-2-4-7-13)27-18(31)14(23)8-5-9-26-22(24)25/h2-4,6-7,12,14-17,30,36H,5,8-11,23H2,1H3,(H,27,31)(H,28,33)(H,29,32)(H,34,35)(H4,24,25,26). The van der Waals surface area contributed by atoms with Gasteiger partial charge in [0.15, 0.2) is 5.96 Å². The summed E-state index contributed by atoms with van der Waals surface area (Å²) in [6, 6.07) is 3.92. The Balaban J connectivity index is 2.98. The zero-order valence-electron chi connectivity index (χ0n) is 20.0. The van der Waals surface area contributed by atoms with Crippen LogP contribution in [-0.4, -0.2) is 82.4 Å². The monoisotopic (exact) mass is 525 g/mol. The number of hydrogen-bond donors (Lipinski definition) is 9. The second-order valence-electron chi connectivity index (χ2n) is 8.12. The number of thiol groups is 1. The van der Waals surface area contributed by atoms with Crippen molar-refractivity contribution in [1.29, 1.82) is 0 Å². The third-order valence-corrected chi connectivity index (χ3v) is 5.44. The normalized spacial score (nSPS) is 14.9. The van der Waals surface area contributed by atoms with Crippen LogP contribution in [0.5, 0.6) is 0 Å². The van der Waals surface area contributed by atoms with E-state index in [-0.39, 0.29) is 31.1 Å². The molecule has 36 heavy (non-hydrogen) atoms. The topological polar surface area (TPSA) is 235 Å². The van der Waals surface area contributed by atoms with Crippen LogP contribution in [0.4, 0.5) is 0 Å². The van der Waals surface area contributed by atoms with Crippen molar-refractivity contribution in [2.75, 3.05) is 12.3 Å². The van der Waals surface area contributed by atoms with Crippen molar-refractivity contribution >= 4 is 42.3 Å². The van der Waals surface area contributed by atoms with Gasteiger partial charge < -0.3 is 43.4 Å². The Hall–Kier alpha value is -3.36. The average molecular weight is 526 g/mol. The molecule has 0 spiro atoms. The third-order valence-electron chi connectivity index (χ3n) is 5.08. The van der Waals surface area contributed by atoms with Crippen molar-refractivity contribution in [1.82, 2.24) is 16.0 Å². The molecule has 1 aromatic rings. The number of carbonyl (C=O) groups is 4. The summed E-state index contributed by atoms with van der Waals surface area (Å²) in [6.45, 7) is 1.55. The molecule has 0 radical (unpaired) electrons. The minimum atomic E-state index is -1.48. The number of hydrogen-bond acceptors (Lipinski definition) is 8. The van der Waals surface area contributed by atoms with Crippen LogP contribution in [0.25, 0.3) is 0 Å². The van der Waals surface area contributed by atoms with Crippen LogP contribution in [0.3, 0.4) is 0 Å². The number of rotatable bonds is 15. The molecule has 1 rings (SSSR count). The molecule has 0 aliphatic heterocycles. The summed E-state index contributed by atoms with van der Waals surface area (Å²) in [5.41, 5.74) is 17.2. The summed E-state index contributed by atoms with van der Waals surface area (Å²) in [5, 5.41) is 26.4. The van der Waals surface area contributed by atoms with Crippen molar-refractivity contribution in [3.8, 4) is 0 Å². The van der Waals surface area contributed by atoms with Crippen molar-refractivity contribution in [3.63, 3.8) is 0 Å². The minimum Gasteiger partial charge on any atom is -0.480 e. The highest BCUT2D eigenvalue weighted by Gasteiger charge is 2.32. The van der Waals surface area contributed by atoms with Gasteiger partial charge in [-0.1, -0.05) is 30.3 Å². The first-order valence-electron chi connectivity index (χ1n) is 11.2. The highest BCUT2D eigenvalue weighted by atomic mass is 32.1. The van der Waals surface area contributed by atoms with Crippen LogP contribution >= 0.6 is 12.6 Å². The Morgan fingerprint density at radius 3 is 2.14 bits per heavy atom. The van der Waals surface area contributed by atoms with E-state index in [4.69, 9.17) is 22.3 Å². The molecule has 3 amide bonds. The maximum absolute atomic E-state index is 13.1. The predicted molar refractivity (Wildman–Crippen MR) is 137 cm³/mol. The van der Waals surface area contributed by atoms with E-state index in [9.17, 15) is 24.3 Å². The van der Waals surface area contributed by atoms with E-state index < -0.39 is 54.0 Å². The van der Waals surface area contributed by atoms with Gasteiger partial charge >= 0.3 is 5.97 Å². The van der Waals surface area contributed by atoms with E-state index in [2.05, 4.69) is 33.6 Å². The first kappa shape index (κ1) is 30.7. The molecular weight excluding hydrogens is 490 g/mol. The number of benzene rings is 1. The number of aliphatic hydroxyl groups is 1. The number of aliphatic carboxylic acids is 1. The molecule has 5 atom stereocenters. The van der Waals surface area contributed by atoms with Crippen molar-refractivity contribution in [2.24, 2.45) is 22.2 Å². The average Bonchev–Trinajstić information content (AvgIpc) is 2.82. The predicted octanol–water partition coefficient (Wildman–Crippen LogP) is -2.54. The smallest absolute Gasteiger partial charge is 0.327 e. The SMILES string of the molecule is CC(O)C(NC(=O)C(Cc1ccccc1)NC(=O)C(N)CCCN=C(N)N)C(=O)NC(CS)C(=O)O. The van der Waals surface area contributed by atoms with Gasteiger partial charge in [-0.3, -0.25) is 19.4 Å². The van der Waals surface area contributed by atoms with Gasteiger partial charge in [0, 0.05) is 18.7 Å². The molecule has 1 aromatic carbocycles. The van der Waals surface area contributed by atoms with Crippen molar-refractivity contribution < 1.29 is 29.4 Å². The summed E-state index contributed by atoms with van der Waals surface area (Å²) in [4.78, 5) is 53.4. The van der Waals surface area contributed by atoms with Crippen LogP contribution < -0.4 is 33.2 Å². The third kappa shape index (κ3) is 10.9. The van der Waals surface area contributed by atoms with Gasteiger partial charge in [0.1, 0.15) is 18.1 Å². The molecule has 0 saturated carbocycles. The van der Waals surface area contributed by atoms with Crippen molar-refractivity contribution in [2.45, 2.75) is 56.5 Å². The number of carboxylic acids is 1. The molecule has 11 N–H and O–H groups in total. The van der Waals surface area contributed by atoms with Gasteiger partial charge in [-0.15, -0.1) is 0 Å². The first-order chi connectivity index (χ1) is 17.0. The molecule has 5 unspecified atom stereocenters. The molecule has 0 bridgehead atoms. The fourth-order valence-electron chi connectivity index (χ4n) is 3.09. The Morgan fingerprint density at radius 1 is 1.00 bits per heavy atom. The summed E-state index contributed by atoms with van der Waals surface area (Å²) in [7, 11) is 0. The molecule has 200 valence electrons. The summed E-state index contributed by atoms with van der Waals surface area (Å²) < 4.78 is 0. The van der Waals surface area contributed by atoms with Crippen molar-refractivity contribution in [3.05, 3.63) is 35.9 Å². The van der Waals surface area contributed by atoms with E-state index >= 15 is 0 Å². The lowest BCUT2D eigenvalue weighted by Crippen LogP contribution is -2.60. The van der Waals surface area contributed by atoms with E-state index in [1.54, 1.807) is 30.3 Å². The van der Waals surface area contributed by atoms with E-state index in [0.717, 1.165) is 5.56 Å². The number of nitrogens with zero attached hydrogens (tertiary/aromatic N) is 1. The fraction of sp³-hybridized carbons (Fsp3) is 0.500. The molecular formula is C22H35N7O6S. The number of nitrogens with one attached hydrogen (secondary N) is 3. The largest absolute Gasteiger partial charge is 0.480 e. The number of carbonyl (C=O) groups excluding carboxylic acids is 3. The lowest BCUT2D eigenvalue weighted by Gasteiger charge is -2.26. The van der Waals surface area contributed by atoms with Gasteiger partial charge in [0.05, 0.1) is 12.1 Å². The second kappa shape index (κ2) is 15.6. The Labute approximate surface area is 214 Å². The van der Waals surface area contributed by atoms with E-state index in [0.29, 0.717) is 6.42 Å². The number of aliphatic hydroxyl groups excluding tert-OH is 1. The van der Waals surface area contributed by atoms with E-state index in [1.165, 1.54) is 6.92 Å². The molecule has 0 heterocycles. The molecule has 0 saturated heterocycles. The Bertz CT molecular complexity index is 911. The Morgan fingerprint density at radius 2 is 1.61 bits per heavy atom. The fourth-order valence-corrected chi connectivity index (χ4v) is 3.34.